The van der Waals surface area contributed by atoms with Crippen molar-refractivity contribution in [1.29, 1.82) is 0 Å². The summed E-state index contributed by atoms with van der Waals surface area (Å²) in [6, 6.07) is 9.91. The highest BCUT2D eigenvalue weighted by atomic mass is 16.5. The third-order valence-corrected chi connectivity index (χ3v) is 9.75. The van der Waals surface area contributed by atoms with Crippen LogP contribution in [-0.2, 0) is 31.2 Å². The van der Waals surface area contributed by atoms with Gasteiger partial charge in [-0.3, -0.25) is 18.9 Å². The lowest BCUT2D eigenvalue weighted by atomic mass is 9.98. The molecule has 47 heavy (non-hydrogen) atoms. The number of rotatable bonds is 7. The van der Waals surface area contributed by atoms with Crippen molar-refractivity contribution in [3.8, 4) is 16.9 Å². The molecule has 5 aromatic rings. The fourth-order valence-corrected chi connectivity index (χ4v) is 7.04. The lowest BCUT2D eigenvalue weighted by Gasteiger charge is -2.43. The molecule has 13 nitrogen and oxygen atoms in total. The summed E-state index contributed by atoms with van der Waals surface area (Å²) in [5.41, 5.74) is 5.45. The maximum absolute atomic E-state index is 13.7. The summed E-state index contributed by atoms with van der Waals surface area (Å²) in [6.07, 6.45) is 10.9. The zero-order valence-electron chi connectivity index (χ0n) is 26.3. The molecule has 2 saturated heterocycles. The first-order chi connectivity index (χ1) is 23.0. The van der Waals surface area contributed by atoms with Gasteiger partial charge in [-0.05, 0) is 67.1 Å². The molecule has 2 aliphatic heterocycles. The number of hydrogen-bond acceptors (Lipinski definition) is 10. The molecule has 0 atom stereocenters. The SMILES string of the molecule is Cn1cc(-c2ccnc(-n3ncn4c5c(cc4c3=O)CCCC5)c2CO)cc(Nc2ccc(N3CCN(C4COC4)CC3)cn2)c1=O. The Labute approximate surface area is 270 Å². The lowest BCUT2D eigenvalue weighted by molar-refractivity contribution is -0.0660. The summed E-state index contributed by atoms with van der Waals surface area (Å²) in [5, 5.41) is 18.2. The molecule has 13 heteroatoms. The van der Waals surface area contributed by atoms with Crippen LogP contribution in [0.3, 0.4) is 0 Å². The van der Waals surface area contributed by atoms with E-state index < -0.39 is 0 Å². The molecule has 0 radical (unpaired) electrons. The molecule has 0 bridgehead atoms. The number of nitrogens with one attached hydrogen (secondary N) is 1. The molecule has 3 aliphatic rings. The number of hydrogen-bond donors (Lipinski definition) is 2. The Bertz CT molecular complexity index is 2070. The third kappa shape index (κ3) is 5.29. The van der Waals surface area contributed by atoms with Crippen molar-refractivity contribution in [2.24, 2.45) is 7.05 Å². The fraction of sp³-hybridized carbons (Fsp3) is 0.382. The van der Waals surface area contributed by atoms with Gasteiger partial charge in [0.25, 0.3) is 11.1 Å². The zero-order chi connectivity index (χ0) is 32.1. The van der Waals surface area contributed by atoms with Crippen LogP contribution < -0.4 is 21.3 Å². The predicted octanol–water partition coefficient (Wildman–Crippen LogP) is 2.28. The number of piperazine rings is 1. The molecule has 7 heterocycles. The largest absolute Gasteiger partial charge is 0.392 e. The molecule has 2 fully saturated rings. The van der Waals surface area contributed by atoms with E-state index in [-0.39, 0.29) is 23.5 Å². The van der Waals surface area contributed by atoms with Crippen LogP contribution >= 0.6 is 0 Å². The topological polar surface area (TPSA) is 135 Å². The van der Waals surface area contributed by atoms with Gasteiger partial charge in [0.15, 0.2) is 5.82 Å². The predicted molar refractivity (Wildman–Crippen MR) is 178 cm³/mol. The second kappa shape index (κ2) is 12.1. The summed E-state index contributed by atoms with van der Waals surface area (Å²) in [5.74, 6) is 0.796. The Hall–Kier alpha value is -4.85. The van der Waals surface area contributed by atoms with Crippen LogP contribution in [0.5, 0.6) is 0 Å². The molecule has 8 rings (SSSR count). The number of aliphatic hydroxyl groups is 1. The molecule has 0 saturated carbocycles. The van der Waals surface area contributed by atoms with E-state index >= 15 is 0 Å². The van der Waals surface area contributed by atoms with Gasteiger partial charge < -0.3 is 24.6 Å². The van der Waals surface area contributed by atoms with E-state index in [1.165, 1.54) is 14.8 Å². The molecule has 242 valence electrons. The molecule has 0 spiro atoms. The van der Waals surface area contributed by atoms with Crippen molar-refractivity contribution in [3.63, 3.8) is 0 Å². The highest BCUT2D eigenvalue weighted by Gasteiger charge is 2.29. The molecule has 1 aliphatic carbocycles. The molecule has 0 aromatic carbocycles. The minimum absolute atomic E-state index is 0.226. The van der Waals surface area contributed by atoms with Crippen LogP contribution in [0.25, 0.3) is 22.5 Å². The number of nitrogens with zero attached hydrogens (tertiary/aromatic N) is 8. The number of aliphatic hydroxyl groups excluding tert-OH is 1. The minimum atomic E-state index is -0.382. The van der Waals surface area contributed by atoms with E-state index in [0.717, 1.165) is 76.5 Å². The number of fused-ring (bicyclic) bond motifs is 3. The highest BCUT2D eigenvalue weighted by molar-refractivity contribution is 5.73. The number of anilines is 3. The Kier molecular flexibility index (Phi) is 7.58. The van der Waals surface area contributed by atoms with Crippen LogP contribution in [0.4, 0.5) is 17.2 Å². The smallest absolute Gasteiger partial charge is 0.297 e. The summed E-state index contributed by atoms with van der Waals surface area (Å²) < 4.78 is 9.97. The van der Waals surface area contributed by atoms with Crippen molar-refractivity contribution in [2.75, 3.05) is 49.6 Å². The normalized spacial score (nSPS) is 17.1. The van der Waals surface area contributed by atoms with Crippen molar-refractivity contribution in [2.45, 2.75) is 38.3 Å². The van der Waals surface area contributed by atoms with Crippen molar-refractivity contribution in [1.82, 2.24) is 33.6 Å². The van der Waals surface area contributed by atoms with Crippen molar-refractivity contribution < 1.29 is 9.84 Å². The van der Waals surface area contributed by atoms with E-state index in [0.29, 0.717) is 39.8 Å². The molecule has 5 aromatic heterocycles. The Morgan fingerprint density at radius 2 is 1.83 bits per heavy atom. The van der Waals surface area contributed by atoms with Gasteiger partial charge in [0.2, 0.25) is 0 Å². The molecule has 0 unspecified atom stereocenters. The minimum Gasteiger partial charge on any atom is -0.392 e. The zero-order valence-corrected chi connectivity index (χ0v) is 26.3. The van der Waals surface area contributed by atoms with Gasteiger partial charge in [0, 0.05) is 62.4 Å². The number of ether oxygens (including phenoxy) is 1. The van der Waals surface area contributed by atoms with Crippen LogP contribution in [0.1, 0.15) is 29.7 Å². The van der Waals surface area contributed by atoms with Gasteiger partial charge >= 0.3 is 0 Å². The van der Waals surface area contributed by atoms with Gasteiger partial charge in [-0.1, -0.05) is 0 Å². The second-order valence-electron chi connectivity index (χ2n) is 12.5. The Morgan fingerprint density at radius 3 is 2.57 bits per heavy atom. The summed E-state index contributed by atoms with van der Waals surface area (Å²) in [4.78, 5) is 40.8. The summed E-state index contributed by atoms with van der Waals surface area (Å²) in [6.45, 7) is 5.13. The first kappa shape index (κ1) is 29.5. The quantitative estimate of drug-likeness (QED) is 0.274. The van der Waals surface area contributed by atoms with Crippen LogP contribution in [-0.4, -0.2) is 84.2 Å². The molecule has 0 amide bonds. The maximum atomic E-state index is 13.7. The third-order valence-electron chi connectivity index (χ3n) is 9.75. The monoisotopic (exact) mass is 635 g/mol. The lowest BCUT2D eigenvalue weighted by Crippen LogP contribution is -2.56. The number of aryl methyl sites for hydroxylation is 3. The van der Waals surface area contributed by atoms with Crippen molar-refractivity contribution >= 4 is 22.7 Å². The van der Waals surface area contributed by atoms with Crippen LogP contribution in [0.15, 0.2) is 64.8 Å². The first-order valence-electron chi connectivity index (χ1n) is 16.2. The van der Waals surface area contributed by atoms with E-state index in [4.69, 9.17) is 4.74 Å². The van der Waals surface area contributed by atoms with E-state index in [2.05, 4.69) is 30.2 Å². The Balaban J connectivity index is 1.07. The summed E-state index contributed by atoms with van der Waals surface area (Å²) >= 11 is 0. The average molecular weight is 636 g/mol. The van der Waals surface area contributed by atoms with E-state index in [1.54, 1.807) is 37.9 Å². The van der Waals surface area contributed by atoms with Gasteiger partial charge in [0.1, 0.15) is 23.3 Å². The molecule has 2 N–H and O–H groups in total. The first-order valence-corrected chi connectivity index (χ1v) is 16.2. The molecular formula is C34H37N9O4. The van der Waals surface area contributed by atoms with Gasteiger partial charge in [0.05, 0.1) is 37.7 Å². The second-order valence-corrected chi connectivity index (χ2v) is 12.5. The van der Waals surface area contributed by atoms with Crippen LogP contribution in [0.2, 0.25) is 0 Å². The summed E-state index contributed by atoms with van der Waals surface area (Å²) in [7, 11) is 1.68. The highest BCUT2D eigenvalue weighted by Crippen LogP contribution is 2.29. The van der Waals surface area contributed by atoms with E-state index in [9.17, 15) is 14.7 Å². The van der Waals surface area contributed by atoms with Crippen molar-refractivity contribution in [3.05, 3.63) is 92.8 Å². The molecular weight excluding hydrogens is 598 g/mol. The number of aromatic nitrogens is 6. The van der Waals surface area contributed by atoms with E-state index in [1.807, 2.05) is 28.8 Å². The van der Waals surface area contributed by atoms with Crippen LogP contribution in [0, 0.1) is 0 Å². The fourth-order valence-electron chi connectivity index (χ4n) is 7.04. The van der Waals surface area contributed by atoms with Gasteiger partial charge in [-0.15, -0.1) is 0 Å². The standard InChI is InChI=1S/C34H37N9O4/c1-39-17-23(14-28(33(39)45)38-31-7-6-24(16-36-31)40-10-12-41(13-11-40)25-19-47-20-25)26-8-9-35-32(27(26)18-44)43-34(46)30-15-22-4-2-3-5-29(22)42(30)21-37-43/h6-9,14-17,21,25,44H,2-5,10-13,18-20H2,1H3,(H,36,38). The average Bonchev–Trinajstić information content (AvgIpc) is 3.46. The Morgan fingerprint density at radius 1 is 1.00 bits per heavy atom. The van der Waals surface area contributed by atoms with Gasteiger partial charge in [-0.2, -0.15) is 9.78 Å². The number of pyridine rings is 3. The maximum Gasteiger partial charge on any atom is 0.297 e. The van der Waals surface area contributed by atoms with Gasteiger partial charge in [-0.25, -0.2) is 9.97 Å².